The maximum absolute atomic E-state index is 12.5. The first-order valence-electron chi connectivity index (χ1n) is 8.59. The van der Waals surface area contributed by atoms with Crippen molar-refractivity contribution in [2.75, 3.05) is 0 Å². The Morgan fingerprint density at radius 3 is 2.07 bits per heavy atom. The van der Waals surface area contributed by atoms with Crippen LogP contribution in [0.4, 0.5) is 8.78 Å². The molecule has 0 radical (unpaired) electrons. The standard InChI is InChI=1S/C19H19ClF2N2O5S/c1-10-8-14(20)9-11(2)16(10)29-12(3)17(25)23-24-18(26)13-4-6-15(7-5-13)30(27,28)19(21)22/h4-9,12,19H,1-3H3,(H,23,25)(H,24,26)/t12-/m1/s1. The van der Waals surface area contributed by atoms with Gasteiger partial charge in [0, 0.05) is 10.6 Å². The van der Waals surface area contributed by atoms with Crippen molar-refractivity contribution in [3.8, 4) is 5.75 Å². The molecule has 0 bridgehead atoms. The fourth-order valence-corrected chi connectivity index (χ4v) is 3.55. The molecular formula is C19H19ClF2N2O5S. The van der Waals surface area contributed by atoms with Crippen LogP contribution >= 0.6 is 11.6 Å². The highest BCUT2D eigenvalue weighted by Crippen LogP contribution is 2.28. The SMILES string of the molecule is Cc1cc(Cl)cc(C)c1O[C@H](C)C(=O)NNC(=O)c1ccc(S(=O)(=O)C(F)F)cc1. The van der Waals surface area contributed by atoms with Gasteiger partial charge in [-0.2, -0.15) is 8.78 Å². The van der Waals surface area contributed by atoms with Gasteiger partial charge in [-0.3, -0.25) is 20.4 Å². The molecule has 0 unspecified atom stereocenters. The van der Waals surface area contributed by atoms with Gasteiger partial charge in [-0.25, -0.2) is 8.42 Å². The van der Waals surface area contributed by atoms with Crippen molar-refractivity contribution in [1.82, 2.24) is 10.9 Å². The highest BCUT2D eigenvalue weighted by molar-refractivity contribution is 7.91. The summed E-state index contributed by atoms with van der Waals surface area (Å²) in [5, 5.41) is 0.536. The molecule has 30 heavy (non-hydrogen) atoms. The van der Waals surface area contributed by atoms with Crippen molar-refractivity contribution in [2.45, 2.75) is 37.5 Å². The number of nitrogens with one attached hydrogen (secondary N) is 2. The molecule has 0 fully saturated rings. The van der Waals surface area contributed by atoms with Gasteiger partial charge in [0.25, 0.3) is 11.8 Å². The van der Waals surface area contributed by atoms with Crippen molar-refractivity contribution >= 4 is 33.3 Å². The Bertz CT molecular complexity index is 1040. The molecule has 1 atom stereocenters. The lowest BCUT2D eigenvalue weighted by molar-refractivity contribution is -0.128. The number of hydrogen-bond acceptors (Lipinski definition) is 5. The maximum Gasteiger partial charge on any atom is 0.341 e. The molecule has 2 aromatic rings. The number of amides is 2. The monoisotopic (exact) mass is 460 g/mol. The van der Waals surface area contributed by atoms with Gasteiger partial charge in [0.15, 0.2) is 6.10 Å². The molecule has 0 aromatic heterocycles. The van der Waals surface area contributed by atoms with Gasteiger partial charge in [0.2, 0.25) is 9.84 Å². The first-order chi connectivity index (χ1) is 13.9. The van der Waals surface area contributed by atoms with Gasteiger partial charge < -0.3 is 4.74 Å². The lowest BCUT2D eigenvalue weighted by Crippen LogP contribution is -2.47. The van der Waals surface area contributed by atoms with Gasteiger partial charge in [-0.15, -0.1) is 0 Å². The van der Waals surface area contributed by atoms with Crippen LogP contribution in [0.15, 0.2) is 41.3 Å². The summed E-state index contributed by atoms with van der Waals surface area (Å²) < 4.78 is 53.5. The Kier molecular flexibility index (Phi) is 7.38. The van der Waals surface area contributed by atoms with Crippen LogP contribution in [-0.2, 0) is 14.6 Å². The molecule has 2 rings (SSSR count). The van der Waals surface area contributed by atoms with E-state index in [2.05, 4.69) is 10.9 Å². The number of alkyl halides is 2. The second-order valence-electron chi connectivity index (χ2n) is 6.40. The summed E-state index contributed by atoms with van der Waals surface area (Å²) in [6, 6.07) is 7.25. The van der Waals surface area contributed by atoms with E-state index < -0.39 is 38.4 Å². The molecule has 7 nitrogen and oxygen atoms in total. The van der Waals surface area contributed by atoms with Gasteiger partial charge in [0.05, 0.1) is 4.90 Å². The number of halogens is 3. The van der Waals surface area contributed by atoms with E-state index in [9.17, 15) is 26.8 Å². The summed E-state index contributed by atoms with van der Waals surface area (Å²) in [5.41, 5.74) is 5.77. The summed E-state index contributed by atoms with van der Waals surface area (Å²) in [6.45, 7) is 5.04. The van der Waals surface area contributed by atoms with Gasteiger partial charge in [0.1, 0.15) is 5.75 Å². The first-order valence-corrected chi connectivity index (χ1v) is 10.5. The van der Waals surface area contributed by atoms with Crippen LogP contribution in [0, 0.1) is 13.8 Å². The molecule has 11 heteroatoms. The van der Waals surface area contributed by atoms with Crippen LogP contribution < -0.4 is 15.6 Å². The predicted molar refractivity (Wildman–Crippen MR) is 106 cm³/mol. The topological polar surface area (TPSA) is 102 Å². The third-order valence-corrected chi connectivity index (χ3v) is 5.68. The molecule has 162 valence electrons. The zero-order valence-electron chi connectivity index (χ0n) is 16.2. The van der Waals surface area contributed by atoms with E-state index in [0.717, 1.165) is 35.4 Å². The summed E-state index contributed by atoms with van der Waals surface area (Å²) in [5.74, 6) is -4.49. The minimum Gasteiger partial charge on any atom is -0.480 e. The van der Waals surface area contributed by atoms with Crippen molar-refractivity contribution < 1.29 is 31.5 Å². The van der Waals surface area contributed by atoms with E-state index in [1.54, 1.807) is 26.0 Å². The van der Waals surface area contributed by atoms with Crippen LogP contribution in [0.1, 0.15) is 28.4 Å². The van der Waals surface area contributed by atoms with E-state index in [4.69, 9.17) is 16.3 Å². The smallest absolute Gasteiger partial charge is 0.341 e. The Balaban J connectivity index is 1.98. The summed E-state index contributed by atoms with van der Waals surface area (Å²) in [6.07, 6.45) is -0.956. The molecule has 2 amide bonds. The average Bonchev–Trinajstić information content (AvgIpc) is 2.68. The van der Waals surface area contributed by atoms with Crippen molar-refractivity contribution in [3.05, 3.63) is 58.1 Å². The molecule has 2 aromatic carbocycles. The van der Waals surface area contributed by atoms with Crippen molar-refractivity contribution in [2.24, 2.45) is 0 Å². The van der Waals surface area contributed by atoms with E-state index in [1.165, 1.54) is 6.92 Å². The zero-order valence-corrected chi connectivity index (χ0v) is 17.8. The zero-order chi connectivity index (χ0) is 22.6. The largest absolute Gasteiger partial charge is 0.480 e. The van der Waals surface area contributed by atoms with Crippen LogP contribution in [0.25, 0.3) is 0 Å². The van der Waals surface area contributed by atoms with Crippen LogP contribution in [0.3, 0.4) is 0 Å². The fourth-order valence-electron chi connectivity index (χ4n) is 2.50. The number of carbonyl (C=O) groups is 2. The maximum atomic E-state index is 12.5. The summed E-state index contributed by atoms with van der Waals surface area (Å²) >= 11 is 5.96. The highest BCUT2D eigenvalue weighted by Gasteiger charge is 2.26. The molecule has 2 N–H and O–H groups in total. The second kappa shape index (κ2) is 9.40. The lowest BCUT2D eigenvalue weighted by Gasteiger charge is -2.18. The minimum absolute atomic E-state index is 0.0403. The molecular weight excluding hydrogens is 442 g/mol. The Hall–Kier alpha value is -2.72. The number of aryl methyl sites for hydroxylation is 2. The van der Waals surface area contributed by atoms with Crippen LogP contribution in [-0.4, -0.2) is 32.1 Å². The fraction of sp³-hybridized carbons (Fsp3) is 0.263. The average molecular weight is 461 g/mol. The molecule has 0 spiro atoms. The number of benzene rings is 2. The second-order valence-corrected chi connectivity index (χ2v) is 8.76. The molecule has 0 aliphatic carbocycles. The van der Waals surface area contributed by atoms with E-state index in [1.807, 2.05) is 0 Å². The number of rotatable bonds is 6. The minimum atomic E-state index is -4.76. The van der Waals surface area contributed by atoms with Gasteiger partial charge >= 0.3 is 5.76 Å². The number of sulfone groups is 1. The first kappa shape index (κ1) is 23.6. The Morgan fingerprint density at radius 2 is 1.57 bits per heavy atom. The Morgan fingerprint density at radius 1 is 1.03 bits per heavy atom. The van der Waals surface area contributed by atoms with Gasteiger partial charge in [-0.05, 0) is 68.3 Å². The predicted octanol–water partition coefficient (Wildman–Crippen LogP) is 3.18. The number of carbonyl (C=O) groups excluding carboxylic acids is 2. The summed E-state index contributed by atoms with van der Waals surface area (Å²) in [4.78, 5) is 23.7. The van der Waals surface area contributed by atoms with Gasteiger partial charge in [-0.1, -0.05) is 11.6 Å². The number of hydrazine groups is 1. The molecule has 0 heterocycles. The van der Waals surface area contributed by atoms with Crippen molar-refractivity contribution in [1.29, 1.82) is 0 Å². The Labute approximate surface area is 177 Å². The highest BCUT2D eigenvalue weighted by atomic mass is 35.5. The quantitative estimate of drug-likeness (QED) is 0.645. The van der Waals surface area contributed by atoms with Crippen LogP contribution in [0.2, 0.25) is 5.02 Å². The van der Waals surface area contributed by atoms with E-state index >= 15 is 0 Å². The third-order valence-electron chi connectivity index (χ3n) is 4.07. The van der Waals surface area contributed by atoms with Crippen molar-refractivity contribution in [3.63, 3.8) is 0 Å². The molecule has 0 saturated heterocycles. The molecule has 0 aliphatic heterocycles. The van der Waals surface area contributed by atoms with E-state index in [-0.39, 0.29) is 5.56 Å². The summed E-state index contributed by atoms with van der Waals surface area (Å²) in [7, 11) is -4.76. The molecule has 0 saturated carbocycles. The lowest BCUT2D eigenvalue weighted by atomic mass is 10.1. The number of ether oxygens (including phenoxy) is 1. The number of hydrogen-bond donors (Lipinski definition) is 2. The third kappa shape index (κ3) is 5.45. The van der Waals surface area contributed by atoms with Crippen LogP contribution in [0.5, 0.6) is 5.75 Å². The molecule has 0 aliphatic rings. The normalized spacial score (nSPS) is 12.4. The van der Waals surface area contributed by atoms with E-state index in [0.29, 0.717) is 10.8 Å².